The van der Waals surface area contributed by atoms with Crippen molar-refractivity contribution >= 4 is 15.7 Å². The lowest BCUT2D eigenvalue weighted by Crippen LogP contribution is -1.87. The van der Waals surface area contributed by atoms with Crippen LogP contribution in [0.15, 0.2) is 22.1 Å². The van der Waals surface area contributed by atoms with Gasteiger partial charge in [-0.2, -0.15) is 4.98 Å². The number of rotatable bonds is 1. The number of aryl methyl sites for hydroxylation is 1. The zero-order valence-corrected chi connectivity index (χ0v) is 7.17. The summed E-state index contributed by atoms with van der Waals surface area (Å²) < 4.78 is 16.1. The van der Waals surface area contributed by atoms with Gasteiger partial charge in [0.25, 0.3) is 5.89 Å². The van der Waals surface area contributed by atoms with E-state index in [9.17, 15) is 4.21 Å². The van der Waals surface area contributed by atoms with Crippen molar-refractivity contribution in [3.8, 4) is 0 Å². The molecule has 62 valence electrons. The molecule has 12 heavy (non-hydrogen) atoms. The van der Waals surface area contributed by atoms with Crippen LogP contribution >= 0.6 is 0 Å². The van der Waals surface area contributed by atoms with Gasteiger partial charge in [0.2, 0.25) is 0 Å². The van der Waals surface area contributed by atoms with E-state index in [1.165, 1.54) is 0 Å². The van der Waals surface area contributed by atoms with Crippen LogP contribution in [-0.2, 0) is 10.8 Å². The van der Waals surface area contributed by atoms with Crippen molar-refractivity contribution in [2.75, 3.05) is 0 Å². The van der Waals surface area contributed by atoms with Gasteiger partial charge < -0.3 is 4.52 Å². The van der Waals surface area contributed by atoms with E-state index in [4.69, 9.17) is 4.52 Å². The fourth-order valence-corrected chi connectivity index (χ4v) is 1.73. The summed E-state index contributed by atoms with van der Waals surface area (Å²) in [5, 5.41) is 5.18. The molecule has 1 aliphatic rings. The van der Waals surface area contributed by atoms with Crippen LogP contribution in [0.4, 0.5) is 0 Å². The van der Waals surface area contributed by atoms with Gasteiger partial charge in [-0.05, 0) is 13.0 Å². The molecular weight excluding hydrogens is 176 g/mol. The highest BCUT2D eigenvalue weighted by atomic mass is 32.2. The van der Waals surface area contributed by atoms with Crippen molar-refractivity contribution in [2.24, 2.45) is 0 Å². The van der Waals surface area contributed by atoms with Crippen LogP contribution < -0.4 is 0 Å². The van der Waals surface area contributed by atoms with Crippen LogP contribution in [0.3, 0.4) is 0 Å². The van der Waals surface area contributed by atoms with Gasteiger partial charge >= 0.3 is 0 Å². The van der Waals surface area contributed by atoms with Gasteiger partial charge in [-0.15, -0.1) is 0 Å². The van der Waals surface area contributed by atoms with Crippen LogP contribution in [0.1, 0.15) is 11.7 Å². The average molecular weight is 182 g/mol. The molecule has 5 heteroatoms. The minimum Gasteiger partial charge on any atom is -0.333 e. The summed E-state index contributed by atoms with van der Waals surface area (Å²) in [5.74, 6) is 0.894. The Hall–Kier alpha value is -1.23. The predicted molar refractivity (Wildman–Crippen MR) is 44.3 cm³/mol. The maximum atomic E-state index is 11.2. The summed E-state index contributed by atoms with van der Waals surface area (Å²) in [6.45, 7) is 1.72. The molecule has 4 nitrogen and oxygen atoms in total. The normalized spacial score (nSPS) is 21.4. The Morgan fingerprint density at radius 2 is 2.42 bits per heavy atom. The minimum atomic E-state index is -1.11. The summed E-state index contributed by atoms with van der Waals surface area (Å²) in [5.41, 5.74) is 0. The second-order valence-electron chi connectivity index (χ2n) is 2.30. The Kier molecular flexibility index (Phi) is 1.65. The third-order valence-corrected chi connectivity index (χ3v) is 2.55. The highest BCUT2D eigenvalue weighted by molar-refractivity contribution is 7.97. The van der Waals surface area contributed by atoms with E-state index in [0.29, 0.717) is 16.6 Å². The van der Waals surface area contributed by atoms with Crippen LogP contribution in [0.5, 0.6) is 0 Å². The molecule has 2 rings (SSSR count). The molecule has 1 unspecified atom stereocenters. The van der Waals surface area contributed by atoms with Crippen molar-refractivity contribution in [3.63, 3.8) is 0 Å². The molecule has 0 aromatic carbocycles. The molecule has 1 aromatic heterocycles. The van der Waals surface area contributed by atoms with E-state index < -0.39 is 10.8 Å². The Morgan fingerprint density at radius 1 is 1.58 bits per heavy atom. The maximum Gasteiger partial charge on any atom is 0.267 e. The molecular formula is C7H6N2O2S. The van der Waals surface area contributed by atoms with E-state index in [2.05, 4.69) is 10.1 Å². The molecule has 0 radical (unpaired) electrons. The molecule has 2 heterocycles. The smallest absolute Gasteiger partial charge is 0.267 e. The van der Waals surface area contributed by atoms with Crippen LogP contribution in [-0.4, -0.2) is 14.3 Å². The second kappa shape index (κ2) is 2.67. The highest BCUT2D eigenvalue weighted by Crippen LogP contribution is 2.21. The molecule has 0 amide bonds. The van der Waals surface area contributed by atoms with E-state index in [1.54, 1.807) is 24.5 Å². The highest BCUT2D eigenvalue weighted by Gasteiger charge is 2.16. The van der Waals surface area contributed by atoms with Crippen molar-refractivity contribution in [3.05, 3.63) is 29.3 Å². The zero-order valence-electron chi connectivity index (χ0n) is 6.35. The second-order valence-corrected chi connectivity index (χ2v) is 3.61. The number of hydrogen-bond acceptors (Lipinski definition) is 4. The maximum absolute atomic E-state index is 11.2. The first-order valence-corrected chi connectivity index (χ1v) is 4.58. The third kappa shape index (κ3) is 1.12. The Labute approximate surface area is 71.4 Å². The monoisotopic (exact) mass is 182 g/mol. The first-order valence-electron chi connectivity index (χ1n) is 3.37. The van der Waals surface area contributed by atoms with Gasteiger partial charge in [-0.25, -0.2) is 4.21 Å². The van der Waals surface area contributed by atoms with Gasteiger partial charge in [-0.3, -0.25) is 0 Å². The summed E-state index contributed by atoms with van der Waals surface area (Å²) in [6, 6.07) is 0. The molecule has 0 saturated carbocycles. The number of nitrogens with zero attached hydrogens (tertiary/aromatic N) is 2. The fourth-order valence-electron chi connectivity index (χ4n) is 0.893. The van der Waals surface area contributed by atoms with Crippen molar-refractivity contribution in [1.82, 2.24) is 10.1 Å². The Balaban J connectivity index is 2.39. The lowest BCUT2D eigenvalue weighted by molar-refractivity contribution is 0.404. The lowest BCUT2D eigenvalue weighted by Gasteiger charge is -1.89. The van der Waals surface area contributed by atoms with Gasteiger partial charge in [0.1, 0.15) is 4.91 Å². The van der Waals surface area contributed by atoms with Gasteiger partial charge in [0.05, 0.1) is 10.8 Å². The zero-order chi connectivity index (χ0) is 8.55. The summed E-state index contributed by atoms with van der Waals surface area (Å²) in [7, 11) is -1.11. The molecule has 0 bridgehead atoms. The largest absolute Gasteiger partial charge is 0.333 e. The first kappa shape index (κ1) is 7.42. The molecule has 1 aliphatic heterocycles. The molecule has 1 atom stereocenters. The minimum absolute atomic E-state index is 0.343. The topological polar surface area (TPSA) is 56.0 Å². The first-order chi connectivity index (χ1) is 5.77. The number of aromatic nitrogens is 2. The van der Waals surface area contributed by atoms with Crippen molar-refractivity contribution in [2.45, 2.75) is 6.92 Å². The van der Waals surface area contributed by atoms with Crippen LogP contribution in [0.2, 0.25) is 0 Å². The van der Waals surface area contributed by atoms with E-state index in [0.717, 1.165) is 0 Å². The van der Waals surface area contributed by atoms with Crippen LogP contribution in [0.25, 0.3) is 4.91 Å². The quantitative estimate of drug-likeness (QED) is 0.650. The summed E-state index contributed by atoms with van der Waals surface area (Å²) >= 11 is 0. The lowest BCUT2D eigenvalue weighted by atomic mass is 10.5. The van der Waals surface area contributed by atoms with E-state index in [-0.39, 0.29) is 0 Å². The Bertz CT molecular complexity index is 392. The van der Waals surface area contributed by atoms with Gasteiger partial charge in [-0.1, -0.05) is 11.2 Å². The van der Waals surface area contributed by atoms with Gasteiger partial charge in [0, 0.05) is 5.41 Å². The number of hydrogen-bond donors (Lipinski definition) is 0. The molecule has 0 aliphatic carbocycles. The van der Waals surface area contributed by atoms with E-state index >= 15 is 0 Å². The molecule has 0 fully saturated rings. The third-order valence-electron chi connectivity index (χ3n) is 1.40. The Morgan fingerprint density at radius 3 is 2.92 bits per heavy atom. The van der Waals surface area contributed by atoms with Gasteiger partial charge in [0.15, 0.2) is 5.82 Å². The van der Waals surface area contributed by atoms with Crippen molar-refractivity contribution < 1.29 is 8.73 Å². The molecule has 0 spiro atoms. The summed E-state index contributed by atoms with van der Waals surface area (Å²) in [6.07, 6.45) is 3.42. The average Bonchev–Trinajstić information content (AvgIpc) is 2.58. The molecule has 1 aromatic rings. The predicted octanol–water partition coefficient (Wildman–Crippen LogP) is 0.995. The summed E-state index contributed by atoms with van der Waals surface area (Å²) in [4.78, 5) is 4.54. The molecule has 0 saturated heterocycles. The molecule has 0 N–H and O–H groups in total. The number of allylic oxidation sites excluding steroid dienone is 2. The van der Waals surface area contributed by atoms with Crippen molar-refractivity contribution in [1.29, 1.82) is 0 Å². The fraction of sp³-hybridized carbons (Fsp3) is 0.143. The standard InChI is InChI=1S/C7H6N2O2S/c1-5-8-7(11-9-5)6-3-2-4-12(6)10/h2-4H,1H3. The SMILES string of the molecule is Cc1noc(C2=CC=CS2=O)n1. The van der Waals surface area contributed by atoms with E-state index in [1.807, 2.05) is 0 Å². The van der Waals surface area contributed by atoms with Crippen LogP contribution in [0, 0.1) is 6.92 Å².